The van der Waals surface area contributed by atoms with E-state index in [1.54, 1.807) is 4.90 Å². The van der Waals surface area contributed by atoms with Gasteiger partial charge in [-0.3, -0.25) is 4.79 Å². The van der Waals surface area contributed by atoms with Crippen LogP contribution in [0.4, 0.5) is 0 Å². The molecule has 1 amide bonds. The van der Waals surface area contributed by atoms with Crippen molar-refractivity contribution >= 4 is 23.2 Å². The summed E-state index contributed by atoms with van der Waals surface area (Å²) in [5.41, 5.74) is 2.11. The number of benzene rings is 2. The van der Waals surface area contributed by atoms with Crippen molar-refractivity contribution < 1.29 is 4.79 Å². The lowest BCUT2D eigenvalue weighted by molar-refractivity contribution is -0.134. The van der Waals surface area contributed by atoms with Gasteiger partial charge in [0.2, 0.25) is 5.91 Å². The quantitative estimate of drug-likeness (QED) is 0.481. The first-order chi connectivity index (χ1) is 16.2. The molecule has 3 atom stereocenters. The second-order valence-electron chi connectivity index (χ2n) is 10.5. The number of rotatable bonds is 8. The molecule has 1 fully saturated rings. The molecule has 0 radical (unpaired) electrons. The summed E-state index contributed by atoms with van der Waals surface area (Å²) in [7, 11) is 1.86. The van der Waals surface area contributed by atoms with Crippen molar-refractivity contribution in [2.24, 2.45) is 5.41 Å². The monoisotopic (exact) mass is 480 g/mol. The summed E-state index contributed by atoms with van der Waals surface area (Å²) in [5, 5.41) is 11.2. The van der Waals surface area contributed by atoms with E-state index in [1.807, 2.05) is 43.4 Å². The number of nitrogens with one attached hydrogen (secondary N) is 3. The molecule has 2 aromatic carbocycles. The zero-order chi connectivity index (χ0) is 24.6. The van der Waals surface area contributed by atoms with Crippen LogP contribution >= 0.6 is 12.2 Å². The van der Waals surface area contributed by atoms with Crippen molar-refractivity contribution in [2.45, 2.75) is 77.7 Å². The molecule has 2 aromatic rings. The van der Waals surface area contributed by atoms with Crippen LogP contribution in [-0.2, 0) is 17.9 Å². The first-order valence-corrected chi connectivity index (χ1v) is 12.8. The largest absolute Gasteiger partial charge is 0.358 e. The van der Waals surface area contributed by atoms with Gasteiger partial charge in [-0.25, -0.2) is 0 Å². The van der Waals surface area contributed by atoms with E-state index in [0.717, 1.165) is 24.9 Å². The maximum absolute atomic E-state index is 13.4. The van der Waals surface area contributed by atoms with Crippen molar-refractivity contribution in [1.82, 2.24) is 20.9 Å². The standard InChI is InChI=1S/C28H40N4OS/c1-28(2,3)25(26(33)32(4)20-22-15-9-6-10-16-22)31-27(34)30-24-18-12-11-17-23(24)29-19-21-13-7-5-8-14-21/h5-10,13-16,23-25,29H,11-12,17-20H2,1-4H3,(H2,30,31,34)/t23-,24-,25?/m1/s1. The normalized spacial score (nSPS) is 19.2. The van der Waals surface area contributed by atoms with Crippen molar-refractivity contribution in [3.63, 3.8) is 0 Å². The Bertz CT molecular complexity index is 913. The van der Waals surface area contributed by atoms with Crippen LogP contribution in [0.25, 0.3) is 0 Å². The Morgan fingerprint density at radius 3 is 2.12 bits per heavy atom. The molecule has 1 unspecified atom stereocenters. The number of hydrogen-bond donors (Lipinski definition) is 3. The molecule has 0 aliphatic heterocycles. The van der Waals surface area contributed by atoms with E-state index >= 15 is 0 Å². The third-order valence-corrected chi connectivity index (χ3v) is 6.76. The van der Waals surface area contributed by atoms with E-state index in [9.17, 15) is 4.79 Å². The van der Waals surface area contributed by atoms with Gasteiger partial charge in [0.1, 0.15) is 6.04 Å². The summed E-state index contributed by atoms with van der Waals surface area (Å²) in [5.74, 6) is 0.0444. The maximum atomic E-state index is 13.4. The Morgan fingerprint density at radius 2 is 1.53 bits per heavy atom. The van der Waals surface area contributed by atoms with Gasteiger partial charge in [-0.1, -0.05) is 94.3 Å². The van der Waals surface area contributed by atoms with Gasteiger partial charge >= 0.3 is 0 Å². The zero-order valence-corrected chi connectivity index (χ0v) is 21.8. The Balaban J connectivity index is 1.60. The lowest BCUT2D eigenvalue weighted by Crippen LogP contribution is -2.59. The molecule has 6 heteroatoms. The number of amides is 1. The van der Waals surface area contributed by atoms with E-state index in [2.05, 4.69) is 61.0 Å². The minimum Gasteiger partial charge on any atom is -0.358 e. The molecule has 34 heavy (non-hydrogen) atoms. The first kappa shape index (κ1) is 26.2. The summed E-state index contributed by atoms with van der Waals surface area (Å²) >= 11 is 5.73. The smallest absolute Gasteiger partial charge is 0.245 e. The summed E-state index contributed by atoms with van der Waals surface area (Å²) < 4.78 is 0. The number of thiocarbonyl (C=S) groups is 1. The lowest BCUT2D eigenvalue weighted by Gasteiger charge is -2.37. The van der Waals surface area contributed by atoms with Gasteiger partial charge in [-0.15, -0.1) is 0 Å². The Morgan fingerprint density at radius 1 is 0.971 bits per heavy atom. The van der Waals surface area contributed by atoms with Gasteiger partial charge in [-0.2, -0.15) is 0 Å². The van der Waals surface area contributed by atoms with Crippen LogP contribution in [0.5, 0.6) is 0 Å². The molecule has 1 aliphatic carbocycles. The molecule has 184 valence electrons. The maximum Gasteiger partial charge on any atom is 0.245 e. The van der Waals surface area contributed by atoms with Gasteiger partial charge in [0.15, 0.2) is 5.11 Å². The highest BCUT2D eigenvalue weighted by Crippen LogP contribution is 2.23. The highest BCUT2D eigenvalue weighted by molar-refractivity contribution is 7.80. The van der Waals surface area contributed by atoms with Crippen LogP contribution in [0.2, 0.25) is 0 Å². The van der Waals surface area contributed by atoms with Crippen molar-refractivity contribution in [1.29, 1.82) is 0 Å². The Kier molecular flexibility index (Phi) is 9.48. The van der Waals surface area contributed by atoms with Gasteiger partial charge in [0.05, 0.1) is 0 Å². The molecular formula is C28H40N4OS. The fourth-order valence-corrected chi connectivity index (χ4v) is 4.81. The average Bonchev–Trinajstić information content (AvgIpc) is 2.82. The molecule has 0 spiro atoms. The van der Waals surface area contributed by atoms with Gasteiger partial charge in [-0.05, 0) is 41.6 Å². The van der Waals surface area contributed by atoms with E-state index < -0.39 is 6.04 Å². The Labute approximate surface area is 210 Å². The molecule has 3 N–H and O–H groups in total. The fourth-order valence-electron chi connectivity index (χ4n) is 4.54. The molecule has 3 rings (SSSR count). The predicted molar refractivity (Wildman–Crippen MR) is 144 cm³/mol. The van der Waals surface area contributed by atoms with E-state index in [1.165, 1.54) is 18.4 Å². The fraction of sp³-hybridized carbons (Fsp3) is 0.500. The van der Waals surface area contributed by atoms with Crippen LogP contribution in [0.15, 0.2) is 60.7 Å². The number of hydrogen-bond acceptors (Lipinski definition) is 3. The van der Waals surface area contributed by atoms with E-state index in [4.69, 9.17) is 12.2 Å². The van der Waals surface area contributed by atoms with Crippen LogP contribution in [0, 0.1) is 5.41 Å². The summed E-state index contributed by atoms with van der Waals surface area (Å²) in [6.45, 7) is 7.64. The van der Waals surface area contributed by atoms with Crippen molar-refractivity contribution in [2.75, 3.05) is 7.05 Å². The van der Waals surface area contributed by atoms with Gasteiger partial charge < -0.3 is 20.9 Å². The first-order valence-electron chi connectivity index (χ1n) is 12.4. The molecule has 1 saturated carbocycles. The topological polar surface area (TPSA) is 56.4 Å². The SMILES string of the molecule is CN(Cc1ccccc1)C(=O)C(NC(=S)N[C@@H]1CCCC[C@H]1NCc1ccccc1)C(C)(C)C. The highest BCUT2D eigenvalue weighted by atomic mass is 32.1. The molecule has 0 heterocycles. The van der Waals surface area contributed by atoms with Crippen molar-refractivity contribution in [3.8, 4) is 0 Å². The third kappa shape index (κ3) is 7.81. The van der Waals surface area contributed by atoms with Crippen LogP contribution in [-0.4, -0.2) is 41.1 Å². The van der Waals surface area contributed by atoms with Crippen molar-refractivity contribution in [3.05, 3.63) is 71.8 Å². The molecule has 0 aromatic heterocycles. The summed E-state index contributed by atoms with van der Waals surface area (Å²) in [6.07, 6.45) is 4.59. The lowest BCUT2D eigenvalue weighted by atomic mass is 9.85. The minimum absolute atomic E-state index is 0.0444. The number of nitrogens with zero attached hydrogens (tertiary/aromatic N) is 1. The third-order valence-electron chi connectivity index (χ3n) is 6.52. The van der Waals surface area contributed by atoms with Crippen LogP contribution in [0.1, 0.15) is 57.6 Å². The van der Waals surface area contributed by atoms with Gasteiger partial charge in [0, 0.05) is 32.2 Å². The molecule has 0 bridgehead atoms. The minimum atomic E-state index is -0.416. The zero-order valence-electron chi connectivity index (χ0n) is 21.0. The van der Waals surface area contributed by atoms with Gasteiger partial charge in [0.25, 0.3) is 0 Å². The number of likely N-dealkylation sites (N-methyl/N-ethyl adjacent to an activating group) is 1. The van der Waals surface area contributed by atoms with E-state index in [0.29, 0.717) is 17.7 Å². The predicted octanol–water partition coefficient (Wildman–Crippen LogP) is 4.62. The second kappa shape index (κ2) is 12.3. The van der Waals surface area contributed by atoms with Crippen LogP contribution in [0.3, 0.4) is 0 Å². The molecular weight excluding hydrogens is 440 g/mol. The second-order valence-corrected chi connectivity index (χ2v) is 10.9. The molecule has 5 nitrogen and oxygen atoms in total. The average molecular weight is 481 g/mol. The van der Waals surface area contributed by atoms with Crippen LogP contribution < -0.4 is 16.0 Å². The molecule has 1 aliphatic rings. The molecule has 0 saturated heterocycles. The number of carbonyl (C=O) groups excluding carboxylic acids is 1. The summed E-state index contributed by atoms with van der Waals surface area (Å²) in [6, 6.07) is 20.7. The highest BCUT2D eigenvalue weighted by Gasteiger charge is 2.35. The number of carbonyl (C=O) groups is 1. The van der Waals surface area contributed by atoms with E-state index in [-0.39, 0.29) is 17.4 Å². The summed E-state index contributed by atoms with van der Waals surface area (Å²) in [4.78, 5) is 15.2. The Hall–Kier alpha value is -2.44.